The van der Waals surface area contributed by atoms with Crippen molar-refractivity contribution in [3.05, 3.63) is 35.9 Å². The Morgan fingerprint density at radius 3 is 3.22 bits per heavy atom. The molecule has 0 bridgehead atoms. The van der Waals surface area contributed by atoms with Gasteiger partial charge in [0, 0.05) is 19.2 Å². The molecule has 1 unspecified atom stereocenters. The second kappa shape index (κ2) is 4.61. The van der Waals surface area contributed by atoms with Gasteiger partial charge >= 0.3 is 0 Å². The van der Waals surface area contributed by atoms with Gasteiger partial charge in [-0.05, 0) is 0 Å². The molecule has 3 heterocycles. The third-order valence-corrected chi connectivity index (χ3v) is 3.05. The van der Waals surface area contributed by atoms with E-state index in [2.05, 4.69) is 30.6 Å². The predicted octanol–water partition coefficient (Wildman–Crippen LogP) is -0.537. The lowest BCUT2D eigenvalue weighted by Crippen LogP contribution is -2.47. The van der Waals surface area contributed by atoms with Crippen molar-refractivity contribution < 1.29 is 4.79 Å². The van der Waals surface area contributed by atoms with E-state index in [1.54, 1.807) is 18.9 Å². The number of hydrogen-bond donors (Lipinski definition) is 4. The van der Waals surface area contributed by atoms with Crippen LogP contribution in [0.3, 0.4) is 0 Å². The van der Waals surface area contributed by atoms with E-state index >= 15 is 0 Å². The van der Waals surface area contributed by atoms with Gasteiger partial charge in [-0.2, -0.15) is 0 Å². The van der Waals surface area contributed by atoms with Gasteiger partial charge in [-0.1, -0.05) is 0 Å². The van der Waals surface area contributed by atoms with E-state index in [0.717, 1.165) is 17.1 Å². The van der Waals surface area contributed by atoms with E-state index in [1.807, 2.05) is 0 Å². The number of carbonyl (C=O) groups is 1. The molecule has 94 valence electrons. The first-order chi connectivity index (χ1) is 8.83. The van der Waals surface area contributed by atoms with Gasteiger partial charge in [0.15, 0.2) is 0 Å². The van der Waals surface area contributed by atoms with Gasteiger partial charge < -0.3 is 15.3 Å². The molecule has 18 heavy (non-hydrogen) atoms. The van der Waals surface area contributed by atoms with Crippen molar-refractivity contribution in [2.24, 2.45) is 0 Å². The van der Waals surface area contributed by atoms with Crippen LogP contribution in [0.5, 0.6) is 0 Å². The molecular formula is C11H14N6O. The Morgan fingerprint density at radius 2 is 2.39 bits per heavy atom. The van der Waals surface area contributed by atoms with Crippen molar-refractivity contribution in [3.8, 4) is 0 Å². The minimum Gasteiger partial charge on any atom is -0.349 e. The SMILES string of the molecule is O=C(NCc1cnc[nH]1)C1Cc2nc[nH]c2CN1. The van der Waals surface area contributed by atoms with E-state index in [9.17, 15) is 4.79 Å². The minimum absolute atomic E-state index is 0.0155. The van der Waals surface area contributed by atoms with E-state index in [-0.39, 0.29) is 11.9 Å². The fraction of sp³-hybridized carbons (Fsp3) is 0.364. The van der Waals surface area contributed by atoms with Gasteiger partial charge in [0.2, 0.25) is 5.91 Å². The Morgan fingerprint density at radius 1 is 1.44 bits per heavy atom. The van der Waals surface area contributed by atoms with Crippen LogP contribution in [0.4, 0.5) is 0 Å². The summed E-state index contributed by atoms with van der Waals surface area (Å²) >= 11 is 0. The monoisotopic (exact) mass is 246 g/mol. The highest BCUT2D eigenvalue weighted by atomic mass is 16.2. The summed E-state index contributed by atoms with van der Waals surface area (Å²) in [5, 5.41) is 6.05. The molecule has 0 spiro atoms. The number of aromatic nitrogens is 4. The number of nitrogens with zero attached hydrogens (tertiary/aromatic N) is 2. The number of hydrogen-bond acceptors (Lipinski definition) is 4. The topological polar surface area (TPSA) is 98.5 Å². The average molecular weight is 246 g/mol. The lowest BCUT2D eigenvalue weighted by Gasteiger charge is -2.22. The summed E-state index contributed by atoms with van der Waals surface area (Å²) in [7, 11) is 0. The molecule has 7 nitrogen and oxygen atoms in total. The van der Waals surface area contributed by atoms with Crippen LogP contribution in [0.1, 0.15) is 17.1 Å². The minimum atomic E-state index is -0.219. The number of imidazole rings is 2. The van der Waals surface area contributed by atoms with Crippen molar-refractivity contribution in [1.82, 2.24) is 30.6 Å². The Kier molecular flexibility index (Phi) is 2.81. The summed E-state index contributed by atoms with van der Waals surface area (Å²) in [4.78, 5) is 26.1. The fourth-order valence-corrected chi connectivity index (χ4v) is 2.04. The second-order valence-electron chi connectivity index (χ2n) is 4.26. The zero-order valence-electron chi connectivity index (χ0n) is 9.73. The van der Waals surface area contributed by atoms with E-state index in [1.165, 1.54) is 0 Å². The van der Waals surface area contributed by atoms with E-state index in [4.69, 9.17) is 0 Å². The Balaban J connectivity index is 1.57. The molecule has 1 atom stereocenters. The first-order valence-electron chi connectivity index (χ1n) is 5.82. The summed E-state index contributed by atoms with van der Waals surface area (Å²) in [6, 6.07) is -0.219. The van der Waals surface area contributed by atoms with E-state index in [0.29, 0.717) is 19.5 Å². The van der Waals surface area contributed by atoms with Crippen LogP contribution in [0.2, 0.25) is 0 Å². The van der Waals surface area contributed by atoms with Gasteiger partial charge in [0.05, 0.1) is 42.3 Å². The van der Waals surface area contributed by atoms with Crippen molar-refractivity contribution in [1.29, 1.82) is 0 Å². The zero-order valence-corrected chi connectivity index (χ0v) is 9.73. The highest BCUT2D eigenvalue weighted by Gasteiger charge is 2.25. The molecule has 7 heteroatoms. The van der Waals surface area contributed by atoms with Crippen LogP contribution in [-0.4, -0.2) is 31.9 Å². The molecule has 1 aliphatic rings. The quantitative estimate of drug-likeness (QED) is 0.584. The molecule has 1 aliphatic heterocycles. The fourth-order valence-electron chi connectivity index (χ4n) is 2.04. The Labute approximate surface area is 103 Å². The smallest absolute Gasteiger partial charge is 0.237 e. The number of H-pyrrole nitrogens is 2. The number of carbonyl (C=O) groups excluding carboxylic acids is 1. The molecule has 2 aromatic heterocycles. The van der Waals surface area contributed by atoms with Gasteiger partial charge in [-0.15, -0.1) is 0 Å². The summed E-state index contributed by atoms with van der Waals surface area (Å²) in [5.41, 5.74) is 2.92. The standard InChI is InChI=1S/C11H14N6O/c18-11(14-3-7-2-12-5-15-7)9-1-8-10(4-13-9)17-6-16-8/h2,5-6,9,13H,1,3-4H2,(H,12,15)(H,14,18)(H,16,17). The largest absolute Gasteiger partial charge is 0.349 e. The van der Waals surface area contributed by atoms with Crippen LogP contribution in [0, 0.1) is 0 Å². The number of nitrogens with one attached hydrogen (secondary N) is 4. The van der Waals surface area contributed by atoms with Crippen molar-refractivity contribution in [2.45, 2.75) is 25.6 Å². The molecule has 2 aromatic rings. The molecule has 0 saturated carbocycles. The zero-order chi connectivity index (χ0) is 12.4. The van der Waals surface area contributed by atoms with Crippen LogP contribution in [0.25, 0.3) is 0 Å². The highest BCUT2D eigenvalue weighted by Crippen LogP contribution is 2.12. The summed E-state index contributed by atoms with van der Waals surface area (Å²) in [5.74, 6) is -0.0155. The lowest BCUT2D eigenvalue weighted by molar-refractivity contribution is -0.123. The summed E-state index contributed by atoms with van der Waals surface area (Å²) < 4.78 is 0. The van der Waals surface area contributed by atoms with Crippen LogP contribution >= 0.6 is 0 Å². The second-order valence-corrected chi connectivity index (χ2v) is 4.26. The van der Waals surface area contributed by atoms with Crippen LogP contribution < -0.4 is 10.6 Å². The molecule has 0 aromatic carbocycles. The number of amides is 1. The molecule has 0 fully saturated rings. The number of rotatable bonds is 3. The Bertz CT molecular complexity index is 531. The highest BCUT2D eigenvalue weighted by molar-refractivity contribution is 5.82. The predicted molar refractivity (Wildman–Crippen MR) is 63.4 cm³/mol. The van der Waals surface area contributed by atoms with Crippen LogP contribution in [-0.2, 0) is 24.3 Å². The molecule has 3 rings (SSSR count). The molecule has 1 amide bonds. The first-order valence-corrected chi connectivity index (χ1v) is 5.82. The summed E-state index contributed by atoms with van der Waals surface area (Å²) in [6.07, 6.45) is 5.57. The van der Waals surface area contributed by atoms with Crippen molar-refractivity contribution in [2.75, 3.05) is 0 Å². The first kappa shape index (κ1) is 11.0. The summed E-state index contributed by atoms with van der Waals surface area (Å²) in [6.45, 7) is 1.11. The van der Waals surface area contributed by atoms with E-state index < -0.39 is 0 Å². The number of aromatic amines is 2. The molecule has 0 saturated heterocycles. The molecule has 0 radical (unpaired) electrons. The normalized spacial score (nSPS) is 18.3. The van der Waals surface area contributed by atoms with Gasteiger partial charge in [0.25, 0.3) is 0 Å². The maximum Gasteiger partial charge on any atom is 0.237 e. The van der Waals surface area contributed by atoms with Crippen molar-refractivity contribution in [3.63, 3.8) is 0 Å². The maximum absolute atomic E-state index is 12.0. The van der Waals surface area contributed by atoms with Crippen molar-refractivity contribution >= 4 is 5.91 Å². The van der Waals surface area contributed by atoms with Gasteiger partial charge in [-0.25, -0.2) is 9.97 Å². The Hall–Kier alpha value is -2.15. The lowest BCUT2D eigenvalue weighted by atomic mass is 10.0. The molecule has 4 N–H and O–H groups in total. The molecular weight excluding hydrogens is 232 g/mol. The number of fused-ring (bicyclic) bond motifs is 1. The third kappa shape index (κ3) is 2.12. The van der Waals surface area contributed by atoms with Gasteiger partial charge in [-0.3, -0.25) is 10.1 Å². The average Bonchev–Trinajstić information content (AvgIpc) is 3.05. The third-order valence-electron chi connectivity index (χ3n) is 3.05. The van der Waals surface area contributed by atoms with Crippen LogP contribution in [0.15, 0.2) is 18.9 Å². The maximum atomic E-state index is 12.0. The molecule has 0 aliphatic carbocycles. The van der Waals surface area contributed by atoms with Gasteiger partial charge in [0.1, 0.15) is 0 Å².